The van der Waals surface area contributed by atoms with Gasteiger partial charge in [-0.25, -0.2) is 4.98 Å². The van der Waals surface area contributed by atoms with Crippen LogP contribution in [0.4, 0.5) is 0 Å². The molecule has 0 aliphatic carbocycles. The molecule has 0 spiro atoms. The summed E-state index contributed by atoms with van der Waals surface area (Å²) in [6.07, 6.45) is 1.60. The summed E-state index contributed by atoms with van der Waals surface area (Å²) in [5.74, 6) is 0.699. The summed E-state index contributed by atoms with van der Waals surface area (Å²) in [4.78, 5) is 3.85. The van der Waals surface area contributed by atoms with E-state index in [-0.39, 0.29) is 0 Å². The van der Waals surface area contributed by atoms with E-state index in [1.807, 2.05) is 0 Å². The van der Waals surface area contributed by atoms with Crippen LogP contribution in [0.15, 0.2) is 18.3 Å². The Morgan fingerprint density at radius 1 is 1.27 bits per heavy atom. The topological polar surface area (TPSA) is 40.6 Å². The first kappa shape index (κ1) is 12.2. The summed E-state index contributed by atoms with van der Waals surface area (Å²) in [5.41, 5.74) is 0. The van der Waals surface area contributed by atoms with Crippen LogP contribution < -0.4 is 4.74 Å². The van der Waals surface area contributed by atoms with Gasteiger partial charge in [-0.3, -0.25) is 0 Å². The van der Waals surface area contributed by atoms with Crippen molar-refractivity contribution in [2.75, 3.05) is 33.5 Å². The fourth-order valence-electron chi connectivity index (χ4n) is 0.937. The Kier molecular flexibility index (Phi) is 6.08. The van der Waals surface area contributed by atoms with Crippen LogP contribution in [0, 0.1) is 0 Å². The van der Waals surface area contributed by atoms with Crippen LogP contribution in [0.1, 0.15) is 0 Å². The fraction of sp³-hybridized carbons (Fsp3) is 0.500. The number of pyridine rings is 1. The van der Waals surface area contributed by atoms with Crippen molar-refractivity contribution in [3.05, 3.63) is 23.5 Å². The van der Waals surface area contributed by atoms with Crippen LogP contribution >= 0.6 is 11.6 Å². The van der Waals surface area contributed by atoms with Crippen molar-refractivity contribution in [1.29, 1.82) is 0 Å². The van der Waals surface area contributed by atoms with Crippen LogP contribution in [-0.2, 0) is 9.47 Å². The van der Waals surface area contributed by atoms with Crippen molar-refractivity contribution in [2.45, 2.75) is 0 Å². The first-order valence-corrected chi connectivity index (χ1v) is 5.02. The van der Waals surface area contributed by atoms with E-state index in [0.717, 1.165) is 0 Å². The molecular weight excluding hydrogens is 218 g/mol. The number of aromatic nitrogens is 1. The molecule has 0 amide bonds. The van der Waals surface area contributed by atoms with Gasteiger partial charge in [-0.05, 0) is 6.07 Å². The maximum atomic E-state index is 5.69. The molecule has 0 bridgehead atoms. The van der Waals surface area contributed by atoms with Crippen LogP contribution in [0.2, 0.25) is 5.15 Å². The van der Waals surface area contributed by atoms with E-state index in [9.17, 15) is 0 Å². The third kappa shape index (κ3) is 5.57. The number of methoxy groups -OCH3 is 1. The molecular formula is C10H14ClNO3. The molecule has 0 atom stereocenters. The lowest BCUT2D eigenvalue weighted by atomic mass is 10.4. The second-order valence-electron chi connectivity index (χ2n) is 2.77. The predicted molar refractivity (Wildman–Crippen MR) is 57.4 cm³/mol. The lowest BCUT2D eigenvalue weighted by Crippen LogP contribution is -2.09. The average Bonchev–Trinajstić information content (AvgIpc) is 2.23. The third-order valence-corrected chi connectivity index (χ3v) is 1.83. The molecule has 0 aromatic carbocycles. The number of hydrogen-bond acceptors (Lipinski definition) is 4. The molecule has 1 rings (SSSR count). The molecule has 0 N–H and O–H groups in total. The molecule has 0 saturated heterocycles. The summed E-state index contributed by atoms with van der Waals surface area (Å²) in [6.45, 7) is 2.20. The predicted octanol–water partition coefficient (Wildman–Crippen LogP) is 1.78. The monoisotopic (exact) mass is 231 g/mol. The van der Waals surface area contributed by atoms with Gasteiger partial charge in [0.15, 0.2) is 0 Å². The Labute approximate surface area is 94.1 Å². The Morgan fingerprint density at radius 3 is 2.80 bits per heavy atom. The summed E-state index contributed by atoms with van der Waals surface area (Å²) in [5, 5.41) is 0.424. The second-order valence-corrected chi connectivity index (χ2v) is 3.16. The Balaban J connectivity index is 2.10. The lowest BCUT2D eigenvalue weighted by molar-refractivity contribution is 0.0544. The molecule has 0 aliphatic heterocycles. The van der Waals surface area contributed by atoms with Gasteiger partial charge in [0.25, 0.3) is 0 Å². The van der Waals surface area contributed by atoms with E-state index in [2.05, 4.69) is 4.98 Å². The quantitative estimate of drug-likeness (QED) is 0.530. The standard InChI is InChI=1S/C10H14ClNO3/c1-13-4-5-14-6-7-15-9-2-3-12-10(11)8-9/h2-3,8H,4-7H2,1H3. The number of halogens is 1. The lowest BCUT2D eigenvalue weighted by Gasteiger charge is -2.06. The third-order valence-electron chi connectivity index (χ3n) is 1.63. The molecule has 0 unspecified atom stereocenters. The number of nitrogens with zero attached hydrogens (tertiary/aromatic N) is 1. The highest BCUT2D eigenvalue weighted by molar-refractivity contribution is 6.29. The van der Waals surface area contributed by atoms with E-state index in [0.29, 0.717) is 37.3 Å². The maximum Gasteiger partial charge on any atom is 0.132 e. The molecule has 4 nitrogen and oxygen atoms in total. The second kappa shape index (κ2) is 7.45. The van der Waals surface area contributed by atoms with Gasteiger partial charge in [0.1, 0.15) is 17.5 Å². The van der Waals surface area contributed by atoms with Crippen molar-refractivity contribution >= 4 is 11.6 Å². The molecule has 84 valence electrons. The van der Waals surface area contributed by atoms with Crippen molar-refractivity contribution in [3.8, 4) is 5.75 Å². The number of hydrogen-bond donors (Lipinski definition) is 0. The zero-order valence-electron chi connectivity index (χ0n) is 8.61. The van der Waals surface area contributed by atoms with E-state index in [1.165, 1.54) is 0 Å². The number of ether oxygens (including phenoxy) is 3. The Bertz CT molecular complexity index is 283. The van der Waals surface area contributed by atoms with Crippen LogP contribution in [-0.4, -0.2) is 38.5 Å². The molecule has 1 heterocycles. The van der Waals surface area contributed by atoms with Gasteiger partial charge in [0.05, 0.1) is 19.8 Å². The van der Waals surface area contributed by atoms with Crippen molar-refractivity contribution in [3.63, 3.8) is 0 Å². The first-order chi connectivity index (χ1) is 7.33. The van der Waals surface area contributed by atoms with E-state index in [1.54, 1.807) is 25.4 Å². The van der Waals surface area contributed by atoms with Gasteiger partial charge in [-0.2, -0.15) is 0 Å². The minimum atomic E-state index is 0.424. The van der Waals surface area contributed by atoms with Crippen LogP contribution in [0.5, 0.6) is 5.75 Å². The SMILES string of the molecule is COCCOCCOc1ccnc(Cl)c1. The molecule has 5 heteroatoms. The Hall–Kier alpha value is -0.840. The highest BCUT2D eigenvalue weighted by Crippen LogP contribution is 2.13. The molecule has 0 fully saturated rings. The van der Waals surface area contributed by atoms with Gasteiger partial charge in [0, 0.05) is 19.4 Å². The largest absolute Gasteiger partial charge is 0.491 e. The minimum absolute atomic E-state index is 0.424. The van der Waals surface area contributed by atoms with E-state index >= 15 is 0 Å². The zero-order chi connectivity index (χ0) is 10.9. The van der Waals surface area contributed by atoms with Crippen LogP contribution in [0.25, 0.3) is 0 Å². The fourth-order valence-corrected chi connectivity index (χ4v) is 1.10. The highest BCUT2D eigenvalue weighted by atomic mass is 35.5. The van der Waals surface area contributed by atoms with Crippen molar-refractivity contribution in [1.82, 2.24) is 4.98 Å². The van der Waals surface area contributed by atoms with E-state index in [4.69, 9.17) is 25.8 Å². The van der Waals surface area contributed by atoms with Gasteiger partial charge in [-0.15, -0.1) is 0 Å². The molecule has 0 aliphatic rings. The average molecular weight is 232 g/mol. The summed E-state index contributed by atoms with van der Waals surface area (Å²) in [6, 6.07) is 3.41. The van der Waals surface area contributed by atoms with Gasteiger partial charge in [-0.1, -0.05) is 11.6 Å². The molecule has 1 aromatic heterocycles. The molecule has 1 aromatic rings. The highest BCUT2D eigenvalue weighted by Gasteiger charge is 1.95. The van der Waals surface area contributed by atoms with Crippen LogP contribution in [0.3, 0.4) is 0 Å². The minimum Gasteiger partial charge on any atom is -0.491 e. The van der Waals surface area contributed by atoms with E-state index < -0.39 is 0 Å². The summed E-state index contributed by atoms with van der Waals surface area (Å²) < 4.78 is 15.4. The molecule has 0 saturated carbocycles. The van der Waals surface area contributed by atoms with Crippen molar-refractivity contribution in [2.24, 2.45) is 0 Å². The first-order valence-electron chi connectivity index (χ1n) is 4.64. The smallest absolute Gasteiger partial charge is 0.132 e. The zero-order valence-corrected chi connectivity index (χ0v) is 9.37. The molecule has 15 heavy (non-hydrogen) atoms. The summed E-state index contributed by atoms with van der Waals surface area (Å²) in [7, 11) is 1.64. The normalized spacial score (nSPS) is 10.3. The van der Waals surface area contributed by atoms with Crippen molar-refractivity contribution < 1.29 is 14.2 Å². The molecule has 0 radical (unpaired) electrons. The van der Waals surface area contributed by atoms with Gasteiger partial charge in [0.2, 0.25) is 0 Å². The summed E-state index contributed by atoms with van der Waals surface area (Å²) >= 11 is 5.69. The van der Waals surface area contributed by atoms with Gasteiger partial charge >= 0.3 is 0 Å². The van der Waals surface area contributed by atoms with Gasteiger partial charge < -0.3 is 14.2 Å². The maximum absolute atomic E-state index is 5.69. The number of rotatable bonds is 7. The Morgan fingerprint density at radius 2 is 2.07 bits per heavy atom.